The lowest BCUT2D eigenvalue weighted by Gasteiger charge is -2.26. The van der Waals surface area contributed by atoms with Crippen LogP contribution in [0.25, 0.3) is 11.1 Å². The number of ether oxygens (including phenoxy) is 2. The summed E-state index contributed by atoms with van der Waals surface area (Å²) in [6, 6.07) is 7.90. The van der Waals surface area contributed by atoms with Crippen molar-refractivity contribution < 1.29 is 19.6 Å². The van der Waals surface area contributed by atoms with E-state index in [9.17, 15) is 4.39 Å². The topological polar surface area (TPSA) is 46.1 Å². The van der Waals surface area contributed by atoms with Crippen molar-refractivity contribution in [3.8, 4) is 22.6 Å². The third-order valence-corrected chi connectivity index (χ3v) is 3.88. The number of para-hydroxylation sites is 1. The Hall–Kier alpha value is -1.49. The zero-order valence-corrected chi connectivity index (χ0v) is 12.5. The second-order valence-electron chi connectivity index (χ2n) is 4.72. The standard InChI is InChI=1S/C15H12Cl2FNO2/c16-11-4-8(18)5-12(17)14(11)10-2-1-3-13-15(10)21-9(6-19)7-20-13/h1-5,9H,6-7,19H2/p+1/t9-/m0/s1. The van der Waals surface area contributed by atoms with Crippen LogP contribution in [-0.4, -0.2) is 19.3 Å². The molecule has 0 aromatic heterocycles. The van der Waals surface area contributed by atoms with Crippen LogP contribution in [-0.2, 0) is 0 Å². The number of fused-ring (bicyclic) bond motifs is 1. The fourth-order valence-electron chi connectivity index (χ4n) is 2.27. The third-order valence-electron chi connectivity index (χ3n) is 3.29. The van der Waals surface area contributed by atoms with Crippen molar-refractivity contribution in [3.63, 3.8) is 0 Å². The lowest BCUT2D eigenvalue weighted by Crippen LogP contribution is -2.59. The molecular weight excluding hydrogens is 316 g/mol. The Balaban J connectivity index is 2.17. The average molecular weight is 329 g/mol. The van der Waals surface area contributed by atoms with Crippen molar-refractivity contribution in [1.29, 1.82) is 0 Å². The van der Waals surface area contributed by atoms with Crippen molar-refractivity contribution in [1.82, 2.24) is 0 Å². The number of rotatable bonds is 2. The van der Waals surface area contributed by atoms with Gasteiger partial charge in [-0.05, 0) is 18.2 Å². The Labute approximate surface area is 131 Å². The first-order chi connectivity index (χ1) is 10.1. The zero-order valence-electron chi connectivity index (χ0n) is 11.0. The van der Waals surface area contributed by atoms with E-state index in [1.807, 2.05) is 18.2 Å². The molecule has 0 aliphatic carbocycles. The summed E-state index contributed by atoms with van der Waals surface area (Å²) in [5.41, 5.74) is 5.04. The fraction of sp³-hybridized carbons (Fsp3) is 0.200. The van der Waals surface area contributed by atoms with E-state index in [1.54, 1.807) is 0 Å². The fourth-order valence-corrected chi connectivity index (χ4v) is 2.94. The van der Waals surface area contributed by atoms with Gasteiger partial charge in [-0.25, -0.2) is 4.39 Å². The molecule has 0 unspecified atom stereocenters. The molecule has 1 aliphatic rings. The predicted molar refractivity (Wildman–Crippen MR) is 79.5 cm³/mol. The minimum atomic E-state index is -0.480. The molecule has 2 aromatic carbocycles. The highest BCUT2D eigenvalue weighted by molar-refractivity contribution is 6.39. The first-order valence-electron chi connectivity index (χ1n) is 6.46. The molecular formula is C15H13Cl2FNO2+. The van der Waals surface area contributed by atoms with Gasteiger partial charge in [-0.15, -0.1) is 0 Å². The first kappa shape index (κ1) is 14.4. The van der Waals surface area contributed by atoms with Gasteiger partial charge in [0.2, 0.25) is 0 Å². The van der Waals surface area contributed by atoms with E-state index >= 15 is 0 Å². The van der Waals surface area contributed by atoms with Crippen molar-refractivity contribution in [2.45, 2.75) is 6.10 Å². The smallest absolute Gasteiger partial charge is 0.181 e. The predicted octanol–water partition coefficient (Wildman–Crippen LogP) is 3.18. The van der Waals surface area contributed by atoms with Gasteiger partial charge in [-0.1, -0.05) is 35.3 Å². The Bertz CT molecular complexity index is 670. The quantitative estimate of drug-likeness (QED) is 0.920. The molecule has 0 spiro atoms. The van der Waals surface area contributed by atoms with Gasteiger partial charge < -0.3 is 15.2 Å². The maximum atomic E-state index is 13.3. The maximum Gasteiger partial charge on any atom is 0.181 e. The van der Waals surface area contributed by atoms with Gasteiger partial charge in [0, 0.05) is 11.1 Å². The lowest BCUT2D eigenvalue weighted by molar-refractivity contribution is -0.383. The summed E-state index contributed by atoms with van der Waals surface area (Å²) < 4.78 is 24.9. The number of benzene rings is 2. The average Bonchev–Trinajstić information content (AvgIpc) is 2.46. The lowest BCUT2D eigenvalue weighted by atomic mass is 10.0. The molecule has 3 N–H and O–H groups in total. The summed E-state index contributed by atoms with van der Waals surface area (Å²) in [5, 5.41) is 0.461. The van der Waals surface area contributed by atoms with Crippen LogP contribution < -0.4 is 15.2 Å². The van der Waals surface area contributed by atoms with Crippen LogP contribution in [0.15, 0.2) is 30.3 Å². The normalized spacial score (nSPS) is 16.9. The summed E-state index contributed by atoms with van der Waals surface area (Å²) in [4.78, 5) is 0. The summed E-state index contributed by atoms with van der Waals surface area (Å²) in [6.45, 7) is 1.03. The maximum absolute atomic E-state index is 13.3. The highest BCUT2D eigenvalue weighted by Crippen LogP contribution is 2.45. The molecule has 1 heterocycles. The van der Waals surface area contributed by atoms with Gasteiger partial charge in [0.15, 0.2) is 17.6 Å². The Morgan fingerprint density at radius 1 is 1.24 bits per heavy atom. The van der Waals surface area contributed by atoms with Crippen LogP contribution in [0.4, 0.5) is 4.39 Å². The van der Waals surface area contributed by atoms with Crippen molar-refractivity contribution in [2.24, 2.45) is 0 Å². The Kier molecular flexibility index (Phi) is 3.93. The molecule has 3 nitrogen and oxygen atoms in total. The summed E-state index contributed by atoms with van der Waals surface area (Å²) >= 11 is 12.3. The molecule has 0 fully saturated rings. The summed E-state index contributed by atoms with van der Waals surface area (Å²) in [5.74, 6) is 0.702. The van der Waals surface area contributed by atoms with E-state index in [0.29, 0.717) is 35.8 Å². The molecule has 6 heteroatoms. The van der Waals surface area contributed by atoms with Gasteiger partial charge >= 0.3 is 0 Å². The van der Waals surface area contributed by atoms with E-state index in [2.05, 4.69) is 5.73 Å². The van der Waals surface area contributed by atoms with Gasteiger partial charge in [0.05, 0.1) is 10.0 Å². The summed E-state index contributed by atoms with van der Waals surface area (Å²) in [6.07, 6.45) is -0.128. The van der Waals surface area contributed by atoms with E-state index < -0.39 is 5.82 Å². The molecule has 1 atom stereocenters. The van der Waals surface area contributed by atoms with Crippen molar-refractivity contribution in [3.05, 3.63) is 46.2 Å². The molecule has 0 amide bonds. The number of halogens is 3. The molecule has 21 heavy (non-hydrogen) atoms. The van der Waals surface area contributed by atoms with Crippen LogP contribution in [0, 0.1) is 5.82 Å². The van der Waals surface area contributed by atoms with Crippen LogP contribution in [0.1, 0.15) is 0 Å². The minimum Gasteiger partial charge on any atom is -0.486 e. The van der Waals surface area contributed by atoms with E-state index in [1.165, 1.54) is 12.1 Å². The second-order valence-corrected chi connectivity index (χ2v) is 5.53. The molecule has 0 bridgehead atoms. The zero-order chi connectivity index (χ0) is 15.0. The number of quaternary nitrogens is 1. The summed E-state index contributed by atoms with van der Waals surface area (Å²) in [7, 11) is 0. The Morgan fingerprint density at radius 3 is 2.62 bits per heavy atom. The highest BCUT2D eigenvalue weighted by Gasteiger charge is 2.26. The second kappa shape index (κ2) is 5.72. The Morgan fingerprint density at radius 2 is 1.95 bits per heavy atom. The molecule has 3 rings (SSSR count). The highest BCUT2D eigenvalue weighted by atomic mass is 35.5. The van der Waals surface area contributed by atoms with Crippen molar-refractivity contribution in [2.75, 3.05) is 13.2 Å². The number of hydrogen-bond donors (Lipinski definition) is 1. The van der Waals surface area contributed by atoms with Crippen LogP contribution in [0.2, 0.25) is 10.0 Å². The first-order valence-corrected chi connectivity index (χ1v) is 7.22. The minimum absolute atomic E-state index is 0.128. The largest absolute Gasteiger partial charge is 0.486 e. The molecule has 0 saturated carbocycles. The van der Waals surface area contributed by atoms with E-state index in [4.69, 9.17) is 32.7 Å². The van der Waals surface area contributed by atoms with E-state index in [0.717, 1.165) is 0 Å². The molecule has 0 saturated heterocycles. The van der Waals surface area contributed by atoms with E-state index in [-0.39, 0.29) is 16.1 Å². The molecule has 2 aromatic rings. The van der Waals surface area contributed by atoms with Gasteiger partial charge in [0.25, 0.3) is 0 Å². The van der Waals surface area contributed by atoms with Gasteiger partial charge in [-0.3, -0.25) is 0 Å². The number of hydrogen-bond acceptors (Lipinski definition) is 2. The van der Waals surface area contributed by atoms with Crippen LogP contribution in [0.5, 0.6) is 11.5 Å². The van der Waals surface area contributed by atoms with Crippen molar-refractivity contribution >= 4 is 23.2 Å². The van der Waals surface area contributed by atoms with Crippen LogP contribution in [0.3, 0.4) is 0 Å². The third kappa shape index (κ3) is 2.67. The molecule has 1 aliphatic heterocycles. The van der Waals surface area contributed by atoms with Crippen LogP contribution >= 0.6 is 23.2 Å². The molecule has 110 valence electrons. The monoisotopic (exact) mass is 328 g/mol. The van der Waals surface area contributed by atoms with Gasteiger partial charge in [-0.2, -0.15) is 0 Å². The van der Waals surface area contributed by atoms with Gasteiger partial charge in [0.1, 0.15) is 19.0 Å². The molecule has 0 radical (unpaired) electrons. The SMILES string of the molecule is [NH3+]C[C@H]1COc2cccc(-c3c(Cl)cc(F)cc3Cl)c2O1.